The van der Waals surface area contributed by atoms with E-state index in [1.54, 1.807) is 14.0 Å². The zero-order valence-electron chi connectivity index (χ0n) is 11.6. The van der Waals surface area contributed by atoms with Crippen molar-refractivity contribution in [1.82, 2.24) is 4.90 Å². The molecule has 0 heterocycles. The van der Waals surface area contributed by atoms with Crippen LogP contribution in [0, 0.1) is 0 Å². The minimum absolute atomic E-state index is 0.108. The van der Waals surface area contributed by atoms with Crippen molar-refractivity contribution < 1.29 is 14.6 Å². The SMILES string of the molecule is COCCN(C(C)C)C(C)CC(C)(N)C(=O)O. The highest BCUT2D eigenvalue weighted by Gasteiger charge is 2.32. The maximum Gasteiger partial charge on any atom is 0.323 e. The molecule has 0 aromatic rings. The third kappa shape index (κ3) is 5.48. The number of carboxylic acid groups (broad SMARTS) is 1. The lowest BCUT2D eigenvalue weighted by Gasteiger charge is -2.35. The molecule has 0 spiro atoms. The Hall–Kier alpha value is -0.650. The molecule has 0 aromatic heterocycles. The van der Waals surface area contributed by atoms with Gasteiger partial charge >= 0.3 is 5.97 Å². The van der Waals surface area contributed by atoms with Crippen molar-refractivity contribution in [2.24, 2.45) is 5.73 Å². The van der Waals surface area contributed by atoms with E-state index in [1.807, 2.05) is 6.92 Å². The van der Waals surface area contributed by atoms with E-state index in [-0.39, 0.29) is 6.04 Å². The van der Waals surface area contributed by atoms with Crippen molar-refractivity contribution in [1.29, 1.82) is 0 Å². The predicted molar refractivity (Wildman–Crippen MR) is 68.0 cm³/mol. The Morgan fingerprint density at radius 1 is 1.47 bits per heavy atom. The Morgan fingerprint density at radius 3 is 2.35 bits per heavy atom. The van der Waals surface area contributed by atoms with E-state index < -0.39 is 11.5 Å². The number of ether oxygens (including phenoxy) is 1. The molecule has 0 amide bonds. The summed E-state index contributed by atoms with van der Waals surface area (Å²) in [5.41, 5.74) is 4.59. The molecule has 0 aliphatic carbocycles. The van der Waals surface area contributed by atoms with Gasteiger partial charge in [-0.05, 0) is 34.1 Å². The molecule has 3 N–H and O–H groups in total. The molecule has 0 aromatic carbocycles. The van der Waals surface area contributed by atoms with Crippen LogP contribution in [0.4, 0.5) is 0 Å². The van der Waals surface area contributed by atoms with Gasteiger partial charge in [-0.25, -0.2) is 0 Å². The van der Waals surface area contributed by atoms with Gasteiger partial charge in [-0.3, -0.25) is 9.69 Å². The molecule has 2 atom stereocenters. The highest BCUT2D eigenvalue weighted by molar-refractivity contribution is 5.77. The van der Waals surface area contributed by atoms with Gasteiger partial charge < -0.3 is 15.6 Å². The first-order valence-electron chi connectivity index (χ1n) is 5.99. The molecule has 0 radical (unpaired) electrons. The molecule has 102 valence electrons. The molecule has 0 rings (SSSR count). The Bertz CT molecular complexity index is 242. The van der Waals surface area contributed by atoms with Crippen LogP contribution in [0.15, 0.2) is 0 Å². The predicted octanol–water partition coefficient (Wildman–Crippen LogP) is 0.924. The number of carbonyl (C=O) groups is 1. The minimum atomic E-state index is -1.18. The number of rotatable bonds is 8. The average Bonchev–Trinajstić information content (AvgIpc) is 2.16. The summed E-state index contributed by atoms with van der Waals surface area (Å²) in [7, 11) is 1.66. The largest absolute Gasteiger partial charge is 0.480 e. The third-order valence-corrected chi connectivity index (χ3v) is 2.99. The normalized spacial score (nSPS) is 17.2. The van der Waals surface area contributed by atoms with Gasteiger partial charge in [0.2, 0.25) is 0 Å². The monoisotopic (exact) mass is 246 g/mol. The lowest BCUT2D eigenvalue weighted by molar-refractivity contribution is -0.143. The van der Waals surface area contributed by atoms with Gasteiger partial charge in [0.15, 0.2) is 0 Å². The van der Waals surface area contributed by atoms with Crippen molar-refractivity contribution in [3.8, 4) is 0 Å². The summed E-state index contributed by atoms with van der Waals surface area (Å²) in [5, 5.41) is 9.02. The summed E-state index contributed by atoms with van der Waals surface area (Å²) in [6.45, 7) is 9.15. The molecule has 5 heteroatoms. The van der Waals surface area contributed by atoms with Crippen molar-refractivity contribution in [2.45, 2.75) is 51.7 Å². The number of carboxylic acids is 1. The van der Waals surface area contributed by atoms with Crippen LogP contribution in [0.2, 0.25) is 0 Å². The molecular weight excluding hydrogens is 220 g/mol. The number of methoxy groups -OCH3 is 1. The van der Waals surface area contributed by atoms with Crippen LogP contribution in [-0.2, 0) is 9.53 Å². The first-order valence-corrected chi connectivity index (χ1v) is 5.99. The fourth-order valence-electron chi connectivity index (χ4n) is 2.00. The van der Waals surface area contributed by atoms with Crippen LogP contribution in [0.25, 0.3) is 0 Å². The van der Waals surface area contributed by atoms with Crippen LogP contribution in [-0.4, -0.2) is 53.9 Å². The van der Waals surface area contributed by atoms with Gasteiger partial charge in [0.1, 0.15) is 5.54 Å². The maximum absolute atomic E-state index is 11.0. The Labute approximate surface area is 104 Å². The van der Waals surface area contributed by atoms with Gasteiger partial charge in [0.25, 0.3) is 0 Å². The van der Waals surface area contributed by atoms with Crippen LogP contribution in [0.3, 0.4) is 0 Å². The fourth-order valence-corrected chi connectivity index (χ4v) is 2.00. The van der Waals surface area contributed by atoms with Gasteiger partial charge in [0.05, 0.1) is 6.61 Å². The Kier molecular flexibility index (Phi) is 6.67. The summed E-state index contributed by atoms with van der Waals surface area (Å²) in [4.78, 5) is 13.2. The molecule has 0 saturated heterocycles. The summed E-state index contributed by atoms with van der Waals surface area (Å²) in [5.74, 6) is -0.959. The van der Waals surface area contributed by atoms with Crippen LogP contribution in [0.1, 0.15) is 34.1 Å². The van der Waals surface area contributed by atoms with E-state index in [4.69, 9.17) is 15.6 Å². The first kappa shape index (κ1) is 16.4. The molecule has 0 aliphatic heterocycles. The molecule has 0 bridgehead atoms. The van der Waals surface area contributed by atoms with Crippen molar-refractivity contribution in [3.63, 3.8) is 0 Å². The number of nitrogens with zero attached hydrogens (tertiary/aromatic N) is 1. The number of hydrogen-bond acceptors (Lipinski definition) is 4. The quantitative estimate of drug-likeness (QED) is 0.666. The standard InChI is InChI=1S/C12H26N2O3/c1-9(2)14(6-7-17-5)10(3)8-12(4,13)11(15)16/h9-10H,6-8,13H2,1-5H3,(H,15,16). The number of hydrogen-bond donors (Lipinski definition) is 2. The number of aliphatic carboxylic acids is 1. The topological polar surface area (TPSA) is 75.8 Å². The smallest absolute Gasteiger partial charge is 0.323 e. The van der Waals surface area contributed by atoms with E-state index in [0.717, 1.165) is 6.54 Å². The van der Waals surface area contributed by atoms with E-state index >= 15 is 0 Å². The van der Waals surface area contributed by atoms with E-state index in [1.165, 1.54) is 0 Å². The van der Waals surface area contributed by atoms with Crippen LogP contribution < -0.4 is 5.73 Å². The lowest BCUT2D eigenvalue weighted by atomic mass is 9.94. The van der Waals surface area contributed by atoms with Gasteiger partial charge in [0, 0.05) is 25.7 Å². The van der Waals surface area contributed by atoms with E-state index in [9.17, 15) is 4.79 Å². The molecule has 2 unspecified atom stereocenters. The first-order chi connectivity index (χ1) is 7.72. The second-order valence-corrected chi connectivity index (χ2v) is 5.10. The van der Waals surface area contributed by atoms with Crippen molar-refractivity contribution in [3.05, 3.63) is 0 Å². The summed E-state index contributed by atoms with van der Waals surface area (Å²) in [6, 6.07) is 0.445. The Morgan fingerprint density at radius 2 is 2.00 bits per heavy atom. The molecule has 17 heavy (non-hydrogen) atoms. The highest BCUT2D eigenvalue weighted by atomic mass is 16.5. The highest BCUT2D eigenvalue weighted by Crippen LogP contribution is 2.16. The Balaban J connectivity index is 4.51. The average molecular weight is 246 g/mol. The van der Waals surface area contributed by atoms with Crippen molar-refractivity contribution in [2.75, 3.05) is 20.3 Å². The zero-order chi connectivity index (χ0) is 13.6. The van der Waals surface area contributed by atoms with E-state index in [0.29, 0.717) is 19.1 Å². The zero-order valence-corrected chi connectivity index (χ0v) is 11.6. The summed E-state index contributed by atoms with van der Waals surface area (Å²) >= 11 is 0. The van der Waals surface area contributed by atoms with Crippen molar-refractivity contribution >= 4 is 5.97 Å². The maximum atomic E-state index is 11.0. The second-order valence-electron chi connectivity index (χ2n) is 5.10. The number of nitrogens with two attached hydrogens (primary N) is 1. The minimum Gasteiger partial charge on any atom is -0.480 e. The molecule has 5 nitrogen and oxygen atoms in total. The molecule has 0 saturated carbocycles. The third-order valence-electron chi connectivity index (χ3n) is 2.99. The fraction of sp³-hybridized carbons (Fsp3) is 0.917. The summed E-state index contributed by atoms with van der Waals surface area (Å²) in [6.07, 6.45) is 0.421. The van der Waals surface area contributed by atoms with Gasteiger partial charge in [-0.15, -0.1) is 0 Å². The van der Waals surface area contributed by atoms with Crippen LogP contribution in [0.5, 0.6) is 0 Å². The molecular formula is C12H26N2O3. The van der Waals surface area contributed by atoms with Gasteiger partial charge in [-0.2, -0.15) is 0 Å². The van der Waals surface area contributed by atoms with E-state index in [2.05, 4.69) is 18.7 Å². The molecule has 0 fully saturated rings. The summed E-state index contributed by atoms with van der Waals surface area (Å²) < 4.78 is 5.06. The van der Waals surface area contributed by atoms with Gasteiger partial charge in [-0.1, -0.05) is 0 Å². The van der Waals surface area contributed by atoms with Crippen LogP contribution >= 0.6 is 0 Å². The second kappa shape index (κ2) is 6.93. The lowest BCUT2D eigenvalue weighted by Crippen LogP contribution is -2.51. The molecule has 0 aliphatic rings.